The molecular formula is C20H31IN4OS. The lowest BCUT2D eigenvalue weighted by Gasteiger charge is -2.19. The van der Waals surface area contributed by atoms with E-state index >= 15 is 0 Å². The number of halogens is 1. The van der Waals surface area contributed by atoms with Gasteiger partial charge in [-0.1, -0.05) is 24.3 Å². The Morgan fingerprint density at radius 1 is 1.15 bits per heavy atom. The first-order valence-electron chi connectivity index (χ1n) is 8.86. The summed E-state index contributed by atoms with van der Waals surface area (Å²) < 4.78 is 5.86. The fourth-order valence-electron chi connectivity index (χ4n) is 2.44. The Morgan fingerprint density at radius 3 is 2.41 bits per heavy atom. The highest BCUT2D eigenvalue weighted by Crippen LogP contribution is 2.16. The average Bonchev–Trinajstić information content (AvgIpc) is 2.90. The van der Waals surface area contributed by atoms with E-state index in [1.807, 2.05) is 13.8 Å². The molecule has 0 bridgehead atoms. The summed E-state index contributed by atoms with van der Waals surface area (Å²) in [6.45, 7) is 12.3. The van der Waals surface area contributed by atoms with Gasteiger partial charge in [-0.2, -0.15) is 0 Å². The molecule has 2 aromatic rings. The molecule has 2 N–H and O–H groups in total. The maximum absolute atomic E-state index is 5.86. The third kappa shape index (κ3) is 8.57. The lowest BCUT2D eigenvalue weighted by molar-refractivity contribution is -0.0149. The summed E-state index contributed by atoms with van der Waals surface area (Å²) in [4.78, 5) is 10.0. The Morgan fingerprint density at radius 2 is 1.81 bits per heavy atom. The fourth-order valence-corrected chi connectivity index (χ4v) is 3.31. The van der Waals surface area contributed by atoms with Crippen LogP contribution in [0.25, 0.3) is 0 Å². The van der Waals surface area contributed by atoms with E-state index in [1.54, 1.807) is 18.4 Å². The normalized spacial score (nSPS) is 11.9. The van der Waals surface area contributed by atoms with Crippen LogP contribution in [0.1, 0.15) is 47.5 Å². The summed E-state index contributed by atoms with van der Waals surface area (Å²) >= 11 is 1.72. The van der Waals surface area contributed by atoms with Crippen molar-refractivity contribution in [2.45, 2.75) is 59.9 Å². The Balaban J connectivity index is 0.00000364. The van der Waals surface area contributed by atoms with Crippen LogP contribution in [-0.4, -0.2) is 23.6 Å². The molecule has 0 amide bonds. The van der Waals surface area contributed by atoms with Crippen LogP contribution in [0.2, 0.25) is 0 Å². The van der Waals surface area contributed by atoms with Gasteiger partial charge in [-0.05, 0) is 45.7 Å². The molecule has 1 heterocycles. The molecular weight excluding hydrogens is 471 g/mol. The average molecular weight is 502 g/mol. The Bertz CT molecular complexity index is 753. The molecule has 0 aliphatic heterocycles. The highest BCUT2D eigenvalue weighted by atomic mass is 127. The lowest BCUT2D eigenvalue weighted by Crippen LogP contribution is -2.36. The fraction of sp³-hybridized carbons (Fsp3) is 0.500. The Labute approximate surface area is 184 Å². The smallest absolute Gasteiger partial charge is 0.191 e. The molecule has 0 fully saturated rings. The third-order valence-corrected chi connectivity index (χ3v) is 4.84. The minimum atomic E-state index is -0.132. The van der Waals surface area contributed by atoms with Crippen LogP contribution >= 0.6 is 35.3 Å². The van der Waals surface area contributed by atoms with Gasteiger partial charge in [-0.15, -0.1) is 35.3 Å². The standard InChI is InChI=1S/C20H30N4OS.HI/c1-14-18(26-15(2)24-14)12-23-19(21-6)22-11-16-8-7-9-17(10-16)13-25-20(3,4)5;/h7-10H,11-13H2,1-6H3,(H2,21,22,23);1H. The van der Waals surface area contributed by atoms with Crippen molar-refractivity contribution in [1.29, 1.82) is 0 Å². The van der Waals surface area contributed by atoms with Gasteiger partial charge in [-0.3, -0.25) is 4.99 Å². The molecule has 0 unspecified atom stereocenters. The number of aromatic nitrogens is 1. The van der Waals surface area contributed by atoms with Crippen LogP contribution < -0.4 is 10.6 Å². The number of hydrogen-bond donors (Lipinski definition) is 2. The highest BCUT2D eigenvalue weighted by molar-refractivity contribution is 14.0. The zero-order chi connectivity index (χ0) is 19.2. The van der Waals surface area contributed by atoms with Gasteiger partial charge in [0.2, 0.25) is 0 Å². The molecule has 7 heteroatoms. The lowest BCUT2D eigenvalue weighted by atomic mass is 10.1. The van der Waals surface area contributed by atoms with Crippen molar-refractivity contribution in [2.24, 2.45) is 4.99 Å². The van der Waals surface area contributed by atoms with E-state index in [-0.39, 0.29) is 29.6 Å². The number of aryl methyl sites for hydroxylation is 2. The molecule has 1 aromatic carbocycles. The van der Waals surface area contributed by atoms with E-state index < -0.39 is 0 Å². The summed E-state index contributed by atoms with van der Waals surface area (Å²) in [6.07, 6.45) is 0. The molecule has 5 nitrogen and oxygen atoms in total. The summed E-state index contributed by atoms with van der Waals surface area (Å²) in [7, 11) is 1.79. The Hall–Kier alpha value is -1.19. The molecule has 1 aromatic heterocycles. The van der Waals surface area contributed by atoms with Crippen molar-refractivity contribution in [3.8, 4) is 0 Å². The SMILES string of the molecule is CN=C(NCc1cccc(COC(C)(C)C)c1)NCc1sc(C)nc1C.I. The van der Waals surface area contributed by atoms with E-state index in [9.17, 15) is 0 Å². The van der Waals surface area contributed by atoms with E-state index in [2.05, 4.69) is 65.6 Å². The van der Waals surface area contributed by atoms with Gasteiger partial charge in [0, 0.05) is 18.5 Å². The molecule has 0 radical (unpaired) electrons. The van der Waals surface area contributed by atoms with Gasteiger partial charge in [-0.25, -0.2) is 4.98 Å². The maximum Gasteiger partial charge on any atom is 0.191 e. The summed E-state index contributed by atoms with van der Waals surface area (Å²) in [5.41, 5.74) is 3.33. The first-order valence-corrected chi connectivity index (χ1v) is 9.67. The number of ether oxygens (including phenoxy) is 1. The number of nitrogens with zero attached hydrogens (tertiary/aromatic N) is 2. The highest BCUT2D eigenvalue weighted by Gasteiger charge is 2.10. The van der Waals surface area contributed by atoms with E-state index in [0.29, 0.717) is 13.2 Å². The molecule has 27 heavy (non-hydrogen) atoms. The molecule has 0 atom stereocenters. The van der Waals surface area contributed by atoms with Gasteiger partial charge >= 0.3 is 0 Å². The van der Waals surface area contributed by atoms with Crippen LogP contribution in [-0.2, 0) is 24.4 Å². The van der Waals surface area contributed by atoms with E-state index in [0.717, 1.165) is 23.2 Å². The molecule has 2 rings (SSSR count). The van der Waals surface area contributed by atoms with Crippen LogP contribution in [0.5, 0.6) is 0 Å². The van der Waals surface area contributed by atoms with Gasteiger partial charge in [0.15, 0.2) is 5.96 Å². The second-order valence-electron chi connectivity index (χ2n) is 7.24. The minimum absolute atomic E-state index is 0. The molecule has 0 spiro atoms. The number of nitrogens with one attached hydrogen (secondary N) is 2. The van der Waals surface area contributed by atoms with E-state index in [4.69, 9.17) is 4.74 Å². The second-order valence-corrected chi connectivity index (χ2v) is 8.53. The predicted octanol–water partition coefficient (Wildman–Crippen LogP) is 4.56. The van der Waals surface area contributed by atoms with Crippen molar-refractivity contribution in [2.75, 3.05) is 7.05 Å². The topological polar surface area (TPSA) is 58.5 Å². The number of thiazole rings is 1. The summed E-state index contributed by atoms with van der Waals surface area (Å²) in [5.74, 6) is 0.784. The third-order valence-electron chi connectivity index (χ3n) is 3.76. The first kappa shape index (κ1) is 23.8. The first-order chi connectivity index (χ1) is 12.3. The van der Waals surface area contributed by atoms with Crippen LogP contribution in [0.4, 0.5) is 0 Å². The second kappa shape index (κ2) is 11.0. The van der Waals surface area contributed by atoms with Crippen molar-refractivity contribution in [3.63, 3.8) is 0 Å². The maximum atomic E-state index is 5.86. The van der Waals surface area contributed by atoms with Crippen LogP contribution in [0, 0.1) is 13.8 Å². The molecule has 0 aliphatic rings. The zero-order valence-electron chi connectivity index (χ0n) is 17.0. The zero-order valence-corrected chi connectivity index (χ0v) is 20.2. The number of aliphatic imine (C=N–C) groups is 1. The molecule has 150 valence electrons. The van der Waals surface area contributed by atoms with Gasteiger partial charge in [0.1, 0.15) is 0 Å². The molecule has 0 saturated heterocycles. The van der Waals surface area contributed by atoms with Crippen LogP contribution in [0.15, 0.2) is 29.3 Å². The number of rotatable bonds is 6. The van der Waals surface area contributed by atoms with Crippen LogP contribution in [0.3, 0.4) is 0 Å². The van der Waals surface area contributed by atoms with E-state index in [1.165, 1.54) is 16.0 Å². The van der Waals surface area contributed by atoms with Gasteiger partial charge < -0.3 is 15.4 Å². The number of benzene rings is 1. The Kier molecular flexibility index (Phi) is 9.69. The van der Waals surface area contributed by atoms with Crippen molar-refractivity contribution < 1.29 is 4.74 Å². The monoisotopic (exact) mass is 502 g/mol. The minimum Gasteiger partial charge on any atom is -0.371 e. The van der Waals surface area contributed by atoms with Gasteiger partial charge in [0.25, 0.3) is 0 Å². The number of guanidine groups is 1. The quantitative estimate of drug-likeness (QED) is 0.346. The number of hydrogen-bond acceptors (Lipinski definition) is 4. The molecule has 0 aliphatic carbocycles. The summed E-state index contributed by atoms with van der Waals surface area (Å²) in [5, 5.41) is 7.81. The van der Waals surface area contributed by atoms with Crippen molar-refractivity contribution in [3.05, 3.63) is 51.0 Å². The largest absolute Gasteiger partial charge is 0.371 e. The predicted molar refractivity (Wildman–Crippen MR) is 125 cm³/mol. The van der Waals surface area contributed by atoms with Gasteiger partial charge in [0.05, 0.1) is 29.5 Å². The van der Waals surface area contributed by atoms with Crippen molar-refractivity contribution in [1.82, 2.24) is 15.6 Å². The molecule has 0 saturated carbocycles. The van der Waals surface area contributed by atoms with Crippen molar-refractivity contribution >= 4 is 41.3 Å². The summed E-state index contributed by atoms with van der Waals surface area (Å²) in [6, 6.07) is 8.44.